The zero-order valence-corrected chi connectivity index (χ0v) is 23.5. The summed E-state index contributed by atoms with van der Waals surface area (Å²) in [5.74, 6) is -1.27. The summed E-state index contributed by atoms with van der Waals surface area (Å²) in [4.78, 5) is 48.7. The smallest absolute Gasteiger partial charge is 0.246 e. The lowest BCUT2D eigenvalue weighted by Crippen LogP contribution is -2.55. The lowest BCUT2D eigenvalue weighted by Gasteiger charge is -2.36. The topological polar surface area (TPSA) is 69.7 Å². The van der Waals surface area contributed by atoms with Gasteiger partial charge in [-0.25, -0.2) is 0 Å². The first-order chi connectivity index (χ1) is 18.5. The number of piperazine rings is 1. The van der Waals surface area contributed by atoms with E-state index in [1.54, 1.807) is 46.9 Å². The second-order valence-corrected chi connectivity index (χ2v) is 12.8. The number of carbonyl (C=O) groups excluding carboxylic acids is 3. The Kier molecular flexibility index (Phi) is 7.16. The number of nitrogens with one attached hydrogen (secondary N) is 1. The van der Waals surface area contributed by atoms with Gasteiger partial charge in [0.2, 0.25) is 11.8 Å². The molecule has 2 amide bonds. The van der Waals surface area contributed by atoms with Crippen LogP contribution in [0.3, 0.4) is 0 Å². The normalized spacial score (nSPS) is 25.5. The van der Waals surface area contributed by atoms with Crippen molar-refractivity contribution in [2.75, 3.05) is 26.2 Å². The summed E-state index contributed by atoms with van der Waals surface area (Å²) in [5.41, 5.74) is 1.55. The standard InChI is InChI=1S/C29H30ClN3O3S2/c1-17-9-15-38-27(17)24-23(26(34)19-4-2-5-20(30)16-19)22(21-6-3-14-37-21)25(33(24)28(35)18-7-8-18)29(36)32-12-10-31-11-13-32/h2-6,9,14-16,18,22-25,31H,7-8,10-13H2,1H3. The summed E-state index contributed by atoms with van der Waals surface area (Å²) in [6, 6.07) is 11.8. The third-order valence-electron chi connectivity index (χ3n) is 7.98. The maximum absolute atomic E-state index is 14.5. The number of thiophene rings is 2. The molecule has 38 heavy (non-hydrogen) atoms. The van der Waals surface area contributed by atoms with Gasteiger partial charge < -0.3 is 15.1 Å². The minimum absolute atomic E-state index is 0.000709. The van der Waals surface area contributed by atoms with Gasteiger partial charge in [-0.2, -0.15) is 0 Å². The van der Waals surface area contributed by atoms with Crippen LogP contribution in [0.4, 0.5) is 0 Å². The molecule has 2 saturated heterocycles. The summed E-state index contributed by atoms with van der Waals surface area (Å²) in [5, 5.41) is 7.80. The third-order valence-corrected chi connectivity index (χ3v) is 10.3. The number of hydrogen-bond acceptors (Lipinski definition) is 6. The van der Waals surface area contributed by atoms with Crippen LogP contribution in [0.15, 0.2) is 53.2 Å². The van der Waals surface area contributed by atoms with E-state index in [9.17, 15) is 14.4 Å². The second kappa shape index (κ2) is 10.6. The van der Waals surface area contributed by atoms with Gasteiger partial charge in [-0.15, -0.1) is 22.7 Å². The number of aryl methyl sites for hydroxylation is 1. The molecule has 1 aromatic carbocycles. The average molecular weight is 568 g/mol. The number of carbonyl (C=O) groups is 3. The molecule has 6 nitrogen and oxygen atoms in total. The summed E-state index contributed by atoms with van der Waals surface area (Å²) in [6.45, 7) is 4.65. The molecular formula is C29H30ClN3O3S2. The van der Waals surface area contributed by atoms with E-state index in [0.717, 1.165) is 41.2 Å². The van der Waals surface area contributed by atoms with Gasteiger partial charge in [0.1, 0.15) is 6.04 Å². The quantitative estimate of drug-likeness (QED) is 0.418. The number of nitrogens with zero attached hydrogens (tertiary/aromatic N) is 2. The molecule has 198 valence electrons. The molecule has 0 spiro atoms. The van der Waals surface area contributed by atoms with Crippen molar-refractivity contribution in [1.82, 2.24) is 15.1 Å². The van der Waals surface area contributed by atoms with Crippen molar-refractivity contribution < 1.29 is 14.4 Å². The highest BCUT2D eigenvalue weighted by molar-refractivity contribution is 7.10. The molecule has 4 atom stereocenters. The predicted octanol–water partition coefficient (Wildman–Crippen LogP) is 5.15. The summed E-state index contributed by atoms with van der Waals surface area (Å²) >= 11 is 9.44. The van der Waals surface area contributed by atoms with E-state index in [1.807, 2.05) is 45.7 Å². The van der Waals surface area contributed by atoms with Crippen molar-refractivity contribution in [3.8, 4) is 0 Å². The van der Waals surface area contributed by atoms with E-state index >= 15 is 0 Å². The van der Waals surface area contributed by atoms with Crippen molar-refractivity contribution >= 4 is 51.9 Å². The molecule has 1 N–H and O–H groups in total. The first-order valence-corrected chi connectivity index (χ1v) is 15.3. The van der Waals surface area contributed by atoms with Gasteiger partial charge in [-0.1, -0.05) is 29.8 Å². The van der Waals surface area contributed by atoms with Crippen LogP contribution in [0.2, 0.25) is 5.02 Å². The molecular weight excluding hydrogens is 538 g/mol. The van der Waals surface area contributed by atoms with Gasteiger partial charge in [-0.3, -0.25) is 14.4 Å². The number of likely N-dealkylation sites (tertiary alicyclic amines) is 1. The minimum atomic E-state index is -0.737. The van der Waals surface area contributed by atoms with Gasteiger partial charge >= 0.3 is 0 Å². The molecule has 3 fully saturated rings. The van der Waals surface area contributed by atoms with Crippen LogP contribution in [-0.4, -0.2) is 59.6 Å². The highest BCUT2D eigenvalue weighted by atomic mass is 35.5. The maximum Gasteiger partial charge on any atom is 0.246 e. The molecule has 4 heterocycles. The van der Waals surface area contributed by atoms with Crippen LogP contribution >= 0.6 is 34.3 Å². The number of benzene rings is 1. The fraction of sp³-hybridized carbons (Fsp3) is 0.414. The van der Waals surface area contributed by atoms with Crippen LogP contribution in [0.25, 0.3) is 0 Å². The molecule has 2 aliphatic heterocycles. The highest BCUT2D eigenvalue weighted by Gasteiger charge is 2.60. The molecule has 4 unspecified atom stereocenters. The van der Waals surface area contributed by atoms with E-state index in [-0.39, 0.29) is 23.5 Å². The highest BCUT2D eigenvalue weighted by Crippen LogP contribution is 2.55. The second-order valence-electron chi connectivity index (χ2n) is 10.4. The van der Waals surface area contributed by atoms with Crippen LogP contribution in [0, 0.1) is 18.8 Å². The number of halogens is 1. The Morgan fingerprint density at radius 1 is 0.974 bits per heavy atom. The molecule has 1 saturated carbocycles. The summed E-state index contributed by atoms with van der Waals surface area (Å²) < 4.78 is 0. The lowest BCUT2D eigenvalue weighted by molar-refractivity contribution is -0.147. The van der Waals surface area contributed by atoms with Gasteiger partial charge in [0.05, 0.1) is 12.0 Å². The van der Waals surface area contributed by atoms with Crippen molar-refractivity contribution in [2.45, 2.75) is 37.8 Å². The van der Waals surface area contributed by atoms with Crippen LogP contribution in [0.5, 0.6) is 0 Å². The molecule has 0 radical (unpaired) electrons. The Bertz CT molecular complexity index is 1350. The number of amides is 2. The van der Waals surface area contributed by atoms with Crippen molar-refractivity contribution in [3.63, 3.8) is 0 Å². The number of rotatable bonds is 6. The van der Waals surface area contributed by atoms with Gasteiger partial charge in [-0.05, 0) is 60.4 Å². The number of hydrogen-bond donors (Lipinski definition) is 1. The fourth-order valence-electron chi connectivity index (χ4n) is 6.00. The van der Waals surface area contributed by atoms with E-state index in [1.165, 1.54) is 0 Å². The van der Waals surface area contributed by atoms with E-state index in [0.29, 0.717) is 23.7 Å². The Balaban J connectivity index is 1.55. The van der Waals surface area contributed by atoms with Crippen molar-refractivity contribution in [3.05, 3.63) is 79.1 Å². The van der Waals surface area contributed by atoms with E-state index in [2.05, 4.69) is 5.32 Å². The number of Topliss-reactive ketones (excluding diaryl/α,β-unsaturated/α-hetero) is 1. The Labute approximate surface area is 235 Å². The van der Waals surface area contributed by atoms with Gasteiger partial charge in [0, 0.05) is 58.4 Å². The van der Waals surface area contributed by atoms with Crippen molar-refractivity contribution in [2.24, 2.45) is 11.8 Å². The van der Waals surface area contributed by atoms with E-state index < -0.39 is 23.9 Å². The van der Waals surface area contributed by atoms with Gasteiger partial charge in [0.25, 0.3) is 0 Å². The van der Waals surface area contributed by atoms with Crippen LogP contribution in [-0.2, 0) is 9.59 Å². The first kappa shape index (κ1) is 25.7. The summed E-state index contributed by atoms with van der Waals surface area (Å²) in [7, 11) is 0. The molecule has 6 rings (SSSR count). The third kappa shape index (κ3) is 4.62. The maximum atomic E-state index is 14.5. The fourth-order valence-corrected chi connectivity index (χ4v) is 8.17. The molecule has 2 aromatic heterocycles. The first-order valence-electron chi connectivity index (χ1n) is 13.1. The zero-order chi connectivity index (χ0) is 26.4. The van der Waals surface area contributed by atoms with Crippen LogP contribution in [0.1, 0.15) is 50.5 Å². The molecule has 1 aliphatic carbocycles. The van der Waals surface area contributed by atoms with Gasteiger partial charge in [0.15, 0.2) is 5.78 Å². The Morgan fingerprint density at radius 3 is 2.39 bits per heavy atom. The SMILES string of the molecule is Cc1ccsc1C1C(C(=O)c2cccc(Cl)c2)C(c2cccs2)C(C(=O)N2CCNCC2)N1C(=O)C1CC1. The Morgan fingerprint density at radius 2 is 1.76 bits per heavy atom. The number of ketones is 1. The zero-order valence-electron chi connectivity index (χ0n) is 21.1. The van der Waals surface area contributed by atoms with E-state index in [4.69, 9.17) is 11.6 Å². The average Bonchev–Trinajstić information content (AvgIpc) is 3.30. The largest absolute Gasteiger partial charge is 0.338 e. The molecule has 3 aliphatic rings. The predicted molar refractivity (Wildman–Crippen MR) is 151 cm³/mol. The molecule has 3 aromatic rings. The monoisotopic (exact) mass is 567 g/mol. The summed E-state index contributed by atoms with van der Waals surface area (Å²) in [6.07, 6.45) is 1.66. The molecule has 9 heteroatoms. The minimum Gasteiger partial charge on any atom is -0.338 e. The van der Waals surface area contributed by atoms with Crippen molar-refractivity contribution in [1.29, 1.82) is 0 Å². The lowest BCUT2D eigenvalue weighted by atomic mass is 9.79. The molecule has 0 bridgehead atoms. The van der Waals surface area contributed by atoms with Crippen LogP contribution < -0.4 is 5.32 Å². The Hall–Kier alpha value is -2.52.